The number of carboxylic acids is 1. The molecular weight excluding hydrogens is 472 g/mol. The van der Waals surface area contributed by atoms with Gasteiger partial charge in [0.1, 0.15) is 0 Å². The van der Waals surface area contributed by atoms with Gasteiger partial charge >= 0.3 is 5.97 Å². The van der Waals surface area contributed by atoms with E-state index in [0.29, 0.717) is 11.4 Å². The zero-order valence-electron chi connectivity index (χ0n) is 14.0. The Labute approximate surface area is 173 Å². The number of hydrogen-bond acceptors (Lipinski definition) is 3. The van der Waals surface area contributed by atoms with E-state index >= 15 is 0 Å². The third-order valence-corrected chi connectivity index (χ3v) is 4.73. The maximum Gasteiger partial charge on any atom is 0.335 e. The maximum absolute atomic E-state index is 11.3. The second-order valence-corrected chi connectivity index (χ2v) is 7.46. The first-order valence-electron chi connectivity index (χ1n) is 7.98. The quantitative estimate of drug-likeness (QED) is 0.424. The van der Waals surface area contributed by atoms with Crippen LogP contribution in [0.1, 0.15) is 21.5 Å². The van der Waals surface area contributed by atoms with Gasteiger partial charge in [-0.3, -0.25) is 9.98 Å². The van der Waals surface area contributed by atoms with Crippen molar-refractivity contribution in [1.82, 2.24) is 0 Å². The van der Waals surface area contributed by atoms with Gasteiger partial charge in [0.2, 0.25) is 0 Å². The molecule has 0 saturated heterocycles. The molecule has 0 aliphatic carbocycles. The Morgan fingerprint density at radius 3 is 1.70 bits per heavy atom. The van der Waals surface area contributed by atoms with Crippen LogP contribution in [0.3, 0.4) is 0 Å². The van der Waals surface area contributed by atoms with Gasteiger partial charge in [0.15, 0.2) is 0 Å². The van der Waals surface area contributed by atoms with Gasteiger partial charge in [-0.05, 0) is 53.6 Å². The van der Waals surface area contributed by atoms with Gasteiger partial charge < -0.3 is 5.11 Å². The number of benzene rings is 3. The Morgan fingerprint density at radius 1 is 0.741 bits per heavy atom. The average Bonchev–Trinajstić information content (AvgIpc) is 2.67. The maximum atomic E-state index is 11.3. The van der Waals surface area contributed by atoms with E-state index in [1.54, 1.807) is 18.5 Å². The second-order valence-electron chi connectivity index (χ2n) is 5.63. The highest BCUT2D eigenvalue weighted by Gasteiger charge is 2.07. The van der Waals surface area contributed by atoms with Crippen LogP contribution < -0.4 is 0 Å². The number of aliphatic imine (C=N–C) groups is 2. The lowest BCUT2D eigenvalue weighted by molar-refractivity contribution is 0.0697. The molecule has 6 heteroatoms. The summed E-state index contributed by atoms with van der Waals surface area (Å²) in [7, 11) is 0. The van der Waals surface area contributed by atoms with E-state index in [9.17, 15) is 9.90 Å². The highest BCUT2D eigenvalue weighted by molar-refractivity contribution is 9.10. The fourth-order valence-electron chi connectivity index (χ4n) is 2.25. The Morgan fingerprint density at radius 2 is 1.22 bits per heavy atom. The van der Waals surface area contributed by atoms with Crippen molar-refractivity contribution in [3.8, 4) is 0 Å². The average molecular weight is 486 g/mol. The number of hydrogen-bond donors (Lipinski definition) is 1. The van der Waals surface area contributed by atoms with Crippen LogP contribution in [0.2, 0.25) is 0 Å². The number of halogens is 2. The Bertz CT molecular complexity index is 1010. The third kappa shape index (κ3) is 5.45. The van der Waals surface area contributed by atoms with Crippen LogP contribution in [0.4, 0.5) is 11.4 Å². The summed E-state index contributed by atoms with van der Waals surface area (Å²) in [5.41, 5.74) is 3.09. The Hall–Kier alpha value is -2.57. The zero-order valence-corrected chi connectivity index (χ0v) is 17.2. The summed E-state index contributed by atoms with van der Waals surface area (Å²) < 4.78 is 1.97. The molecule has 27 heavy (non-hydrogen) atoms. The van der Waals surface area contributed by atoms with Crippen LogP contribution in [0.5, 0.6) is 0 Å². The van der Waals surface area contributed by atoms with E-state index in [1.807, 2.05) is 48.5 Å². The molecule has 0 fully saturated rings. The molecule has 4 nitrogen and oxygen atoms in total. The third-order valence-electron chi connectivity index (χ3n) is 3.67. The number of carboxylic acid groups (broad SMARTS) is 1. The normalized spacial score (nSPS) is 11.3. The van der Waals surface area contributed by atoms with Gasteiger partial charge in [0.25, 0.3) is 0 Å². The van der Waals surface area contributed by atoms with Crippen molar-refractivity contribution < 1.29 is 9.90 Å². The Balaban J connectivity index is 1.93. The van der Waals surface area contributed by atoms with Gasteiger partial charge in [0, 0.05) is 21.4 Å². The first kappa shape index (κ1) is 19.2. The number of nitrogens with zero attached hydrogens (tertiary/aromatic N) is 2. The van der Waals surface area contributed by atoms with Gasteiger partial charge in [-0.15, -0.1) is 0 Å². The molecule has 134 valence electrons. The van der Waals surface area contributed by atoms with Gasteiger partial charge in [-0.25, -0.2) is 4.79 Å². The predicted molar refractivity (Wildman–Crippen MR) is 116 cm³/mol. The summed E-state index contributed by atoms with van der Waals surface area (Å²) in [6.45, 7) is 0. The summed E-state index contributed by atoms with van der Waals surface area (Å²) in [4.78, 5) is 20.2. The summed E-state index contributed by atoms with van der Waals surface area (Å²) in [5.74, 6) is -1.00. The van der Waals surface area contributed by atoms with Crippen LogP contribution in [-0.4, -0.2) is 23.5 Å². The van der Waals surface area contributed by atoms with Crippen LogP contribution in [0, 0.1) is 0 Å². The topological polar surface area (TPSA) is 62.0 Å². The minimum absolute atomic E-state index is 0.167. The van der Waals surface area contributed by atoms with Crippen LogP contribution >= 0.6 is 31.9 Å². The van der Waals surface area contributed by atoms with Crippen LogP contribution in [0.15, 0.2) is 85.7 Å². The fourth-order valence-corrected chi connectivity index (χ4v) is 2.78. The number of carbonyl (C=O) groups is 1. The van der Waals surface area contributed by atoms with E-state index < -0.39 is 5.97 Å². The molecule has 3 aromatic rings. The van der Waals surface area contributed by atoms with Crippen molar-refractivity contribution in [1.29, 1.82) is 0 Å². The largest absolute Gasteiger partial charge is 0.478 e. The van der Waals surface area contributed by atoms with Crippen molar-refractivity contribution in [3.05, 3.63) is 92.4 Å². The van der Waals surface area contributed by atoms with E-state index in [2.05, 4.69) is 41.8 Å². The zero-order chi connectivity index (χ0) is 19.2. The van der Waals surface area contributed by atoms with Crippen molar-refractivity contribution in [2.45, 2.75) is 0 Å². The number of aromatic carboxylic acids is 1. The lowest BCUT2D eigenvalue weighted by Gasteiger charge is -2.03. The van der Waals surface area contributed by atoms with Gasteiger partial charge in [0.05, 0.1) is 16.9 Å². The lowest BCUT2D eigenvalue weighted by Crippen LogP contribution is -1.95. The monoisotopic (exact) mass is 484 g/mol. The molecule has 0 radical (unpaired) electrons. The molecule has 1 N–H and O–H groups in total. The van der Waals surface area contributed by atoms with Crippen LogP contribution in [0.25, 0.3) is 0 Å². The molecule has 0 aromatic heterocycles. The molecule has 0 heterocycles. The van der Waals surface area contributed by atoms with Gasteiger partial charge in [-0.1, -0.05) is 56.1 Å². The summed E-state index contributed by atoms with van der Waals surface area (Å²) in [6, 6.07) is 20.1. The molecule has 0 aliphatic rings. The smallest absolute Gasteiger partial charge is 0.335 e. The fraction of sp³-hybridized carbons (Fsp3) is 0. The molecule has 3 aromatic carbocycles. The molecule has 0 saturated carbocycles. The number of rotatable bonds is 5. The van der Waals surface area contributed by atoms with Gasteiger partial charge in [-0.2, -0.15) is 0 Å². The van der Waals surface area contributed by atoms with Crippen molar-refractivity contribution in [3.63, 3.8) is 0 Å². The molecule has 0 atom stereocenters. The highest BCUT2D eigenvalue weighted by atomic mass is 79.9. The Kier molecular flexibility index (Phi) is 6.32. The summed E-state index contributed by atoms with van der Waals surface area (Å²) in [6.07, 6.45) is 3.41. The van der Waals surface area contributed by atoms with Crippen molar-refractivity contribution in [2.24, 2.45) is 9.98 Å². The first-order chi connectivity index (χ1) is 13.0. The minimum atomic E-state index is -1.00. The first-order valence-corrected chi connectivity index (χ1v) is 9.56. The van der Waals surface area contributed by atoms with Crippen molar-refractivity contribution >= 4 is 61.6 Å². The van der Waals surface area contributed by atoms with E-state index in [1.165, 1.54) is 12.1 Å². The van der Waals surface area contributed by atoms with E-state index in [0.717, 1.165) is 20.1 Å². The van der Waals surface area contributed by atoms with E-state index in [-0.39, 0.29) is 5.56 Å². The molecular formula is C21H14Br2N2O2. The highest BCUT2D eigenvalue weighted by Crippen LogP contribution is 2.29. The molecule has 3 rings (SSSR count). The SMILES string of the molecule is O=C(O)c1ccc(N=Cc2ccc(Br)cc2)c(N=Cc2ccc(Br)cc2)c1. The van der Waals surface area contributed by atoms with Crippen LogP contribution in [-0.2, 0) is 0 Å². The summed E-state index contributed by atoms with van der Waals surface area (Å²) >= 11 is 6.79. The standard InChI is InChI=1S/C21H14Br2N2O2/c22-17-6-1-14(2-7-17)12-24-19-10-5-16(21(26)27)11-20(19)25-13-15-3-8-18(23)9-4-15/h1-13H,(H,26,27). The lowest BCUT2D eigenvalue weighted by atomic mass is 10.1. The molecule has 0 bridgehead atoms. The second kappa shape index (κ2) is 8.88. The predicted octanol–water partition coefficient (Wildman–Crippen LogP) is 6.41. The molecule has 0 spiro atoms. The van der Waals surface area contributed by atoms with E-state index in [4.69, 9.17) is 0 Å². The molecule has 0 amide bonds. The molecule has 0 aliphatic heterocycles. The molecule has 0 unspecified atom stereocenters. The minimum Gasteiger partial charge on any atom is -0.478 e. The summed E-state index contributed by atoms with van der Waals surface area (Å²) in [5, 5.41) is 9.25. The van der Waals surface area contributed by atoms with Crippen molar-refractivity contribution in [2.75, 3.05) is 0 Å².